The monoisotopic (exact) mass is 440 g/mol. The average Bonchev–Trinajstić information content (AvgIpc) is 3.23. The van der Waals surface area contributed by atoms with Crippen LogP contribution in [0.3, 0.4) is 0 Å². The van der Waals surface area contributed by atoms with E-state index in [0.717, 1.165) is 14.7 Å². The molecule has 0 aliphatic rings. The van der Waals surface area contributed by atoms with Crippen LogP contribution >= 0.6 is 0 Å². The molecule has 0 radical (unpaired) electrons. The van der Waals surface area contributed by atoms with E-state index in [1.165, 1.54) is 17.9 Å². The van der Waals surface area contributed by atoms with Crippen LogP contribution in [0.1, 0.15) is 40.3 Å². The van der Waals surface area contributed by atoms with Gasteiger partial charge in [-0.2, -0.15) is 0 Å². The minimum atomic E-state index is -0.872. The second-order valence-electron chi connectivity index (χ2n) is 7.70. The lowest BCUT2D eigenvalue weighted by atomic mass is 10.1. The van der Waals surface area contributed by atoms with E-state index in [2.05, 4.69) is 10.3 Å². The van der Waals surface area contributed by atoms with Gasteiger partial charge in [-0.05, 0) is 11.5 Å². The van der Waals surface area contributed by atoms with E-state index in [1.807, 2.05) is 44.2 Å². The molecule has 0 atom stereocenters. The highest BCUT2D eigenvalue weighted by molar-refractivity contribution is 6.02. The number of benzene rings is 1. The Labute approximate surface area is 183 Å². The number of esters is 1. The molecule has 1 aromatic carbocycles. The third-order valence-corrected chi connectivity index (χ3v) is 4.68. The second kappa shape index (κ2) is 9.41. The molecule has 3 rings (SSSR count). The standard InChI is InChI=1S/C21H24N6O5/c1-13(2)9-27-18(22)17(19(29)25(3)21(27)31)16(28)12-32-20(30)15-11-26(24-23-15)10-14-7-5-4-6-8-14/h4-8,11,13H,9-10,12,22H2,1-3H3. The number of aromatic nitrogens is 5. The van der Waals surface area contributed by atoms with Gasteiger partial charge in [0.15, 0.2) is 12.3 Å². The summed E-state index contributed by atoms with van der Waals surface area (Å²) in [6.45, 7) is 3.63. The third-order valence-electron chi connectivity index (χ3n) is 4.68. The number of anilines is 1. The number of nitrogens with zero attached hydrogens (tertiary/aromatic N) is 5. The summed E-state index contributed by atoms with van der Waals surface area (Å²) in [6, 6.07) is 9.46. The highest BCUT2D eigenvalue weighted by atomic mass is 16.5. The van der Waals surface area contributed by atoms with Crippen molar-refractivity contribution in [3.8, 4) is 0 Å². The molecule has 0 fully saturated rings. The molecule has 168 valence electrons. The largest absolute Gasteiger partial charge is 0.452 e. The number of carbonyl (C=O) groups is 2. The van der Waals surface area contributed by atoms with Crippen LogP contribution in [-0.2, 0) is 24.9 Å². The van der Waals surface area contributed by atoms with E-state index >= 15 is 0 Å². The Morgan fingerprint density at radius 3 is 2.50 bits per heavy atom. The van der Waals surface area contributed by atoms with Crippen LogP contribution in [0.5, 0.6) is 0 Å². The van der Waals surface area contributed by atoms with Crippen molar-refractivity contribution < 1.29 is 14.3 Å². The molecule has 0 aliphatic heterocycles. The Balaban J connectivity index is 1.73. The summed E-state index contributed by atoms with van der Waals surface area (Å²) < 4.78 is 8.45. The van der Waals surface area contributed by atoms with Crippen LogP contribution in [0.15, 0.2) is 46.1 Å². The van der Waals surface area contributed by atoms with Crippen molar-refractivity contribution in [2.75, 3.05) is 12.3 Å². The lowest BCUT2D eigenvalue weighted by Crippen LogP contribution is -2.43. The van der Waals surface area contributed by atoms with Gasteiger partial charge < -0.3 is 10.5 Å². The first-order chi connectivity index (χ1) is 15.2. The van der Waals surface area contributed by atoms with Crippen molar-refractivity contribution in [1.29, 1.82) is 0 Å². The fourth-order valence-corrected chi connectivity index (χ4v) is 3.10. The molecular weight excluding hydrogens is 416 g/mol. The molecule has 0 aliphatic carbocycles. The Bertz CT molecular complexity index is 1260. The van der Waals surface area contributed by atoms with E-state index < -0.39 is 35.2 Å². The summed E-state index contributed by atoms with van der Waals surface area (Å²) in [5.74, 6) is -1.89. The zero-order valence-electron chi connectivity index (χ0n) is 18.0. The van der Waals surface area contributed by atoms with Crippen LogP contribution in [0.2, 0.25) is 0 Å². The van der Waals surface area contributed by atoms with Crippen LogP contribution in [-0.4, -0.2) is 42.5 Å². The number of rotatable bonds is 8. The van der Waals surface area contributed by atoms with E-state index in [1.54, 1.807) is 0 Å². The zero-order valence-corrected chi connectivity index (χ0v) is 18.0. The minimum absolute atomic E-state index is 0.0479. The topological polar surface area (TPSA) is 144 Å². The molecule has 0 saturated heterocycles. The fraction of sp³-hybridized carbons (Fsp3) is 0.333. The molecule has 2 N–H and O–H groups in total. The molecule has 2 aromatic heterocycles. The van der Waals surface area contributed by atoms with Crippen molar-refractivity contribution in [2.24, 2.45) is 13.0 Å². The van der Waals surface area contributed by atoms with Gasteiger partial charge in [0.05, 0.1) is 12.7 Å². The number of hydrogen-bond donors (Lipinski definition) is 1. The van der Waals surface area contributed by atoms with Crippen molar-refractivity contribution in [2.45, 2.75) is 26.9 Å². The quantitative estimate of drug-likeness (QED) is 0.393. The molecule has 0 bridgehead atoms. The lowest BCUT2D eigenvalue weighted by molar-refractivity contribution is 0.0468. The summed E-state index contributed by atoms with van der Waals surface area (Å²) in [4.78, 5) is 49.7. The summed E-state index contributed by atoms with van der Waals surface area (Å²) in [6.07, 6.45) is 1.40. The van der Waals surface area contributed by atoms with Gasteiger partial charge in [0.2, 0.25) is 5.78 Å². The highest BCUT2D eigenvalue weighted by Crippen LogP contribution is 2.09. The van der Waals surface area contributed by atoms with Gasteiger partial charge in [-0.1, -0.05) is 49.4 Å². The Morgan fingerprint density at radius 1 is 1.16 bits per heavy atom. The maximum atomic E-state index is 12.6. The van der Waals surface area contributed by atoms with E-state index in [9.17, 15) is 19.2 Å². The number of ether oxygens (including phenoxy) is 1. The first-order valence-corrected chi connectivity index (χ1v) is 9.92. The van der Waals surface area contributed by atoms with Gasteiger partial charge in [0.25, 0.3) is 5.56 Å². The van der Waals surface area contributed by atoms with Gasteiger partial charge in [0, 0.05) is 13.6 Å². The third kappa shape index (κ3) is 4.82. The SMILES string of the molecule is CC(C)Cn1c(N)c(C(=O)COC(=O)c2cn(Cc3ccccc3)nn2)c(=O)n(C)c1=O. The summed E-state index contributed by atoms with van der Waals surface area (Å²) in [5, 5.41) is 7.64. The highest BCUT2D eigenvalue weighted by Gasteiger charge is 2.23. The number of Topliss-reactive ketones (excluding diaryl/α,β-unsaturated/α-hetero) is 1. The number of nitrogens with two attached hydrogens (primary N) is 1. The molecular formula is C21H24N6O5. The van der Waals surface area contributed by atoms with E-state index in [0.29, 0.717) is 6.54 Å². The van der Waals surface area contributed by atoms with Gasteiger partial charge in [-0.15, -0.1) is 5.10 Å². The fourth-order valence-electron chi connectivity index (χ4n) is 3.10. The smallest absolute Gasteiger partial charge is 0.360 e. The van der Waals surface area contributed by atoms with Crippen molar-refractivity contribution in [1.82, 2.24) is 24.1 Å². The molecule has 0 unspecified atom stereocenters. The van der Waals surface area contributed by atoms with Crippen molar-refractivity contribution in [3.63, 3.8) is 0 Å². The van der Waals surface area contributed by atoms with E-state index in [4.69, 9.17) is 10.5 Å². The van der Waals surface area contributed by atoms with Crippen LogP contribution in [0.4, 0.5) is 5.82 Å². The molecule has 11 heteroatoms. The second-order valence-corrected chi connectivity index (χ2v) is 7.70. The van der Waals surface area contributed by atoms with Crippen LogP contribution in [0.25, 0.3) is 0 Å². The maximum Gasteiger partial charge on any atom is 0.360 e. The summed E-state index contributed by atoms with van der Waals surface area (Å²) in [5.41, 5.74) is 4.98. The molecule has 0 spiro atoms. The van der Waals surface area contributed by atoms with Gasteiger partial charge in [-0.3, -0.25) is 18.7 Å². The number of hydrogen-bond acceptors (Lipinski definition) is 8. The molecule has 2 heterocycles. The molecule has 32 heavy (non-hydrogen) atoms. The molecule has 11 nitrogen and oxygen atoms in total. The zero-order chi connectivity index (χ0) is 23.4. The first kappa shape index (κ1) is 22.7. The van der Waals surface area contributed by atoms with Crippen molar-refractivity contribution in [3.05, 3.63) is 74.2 Å². The Morgan fingerprint density at radius 2 is 1.84 bits per heavy atom. The molecule has 3 aromatic rings. The predicted octanol–water partition coefficient (Wildman–Crippen LogP) is 0.465. The molecule has 0 saturated carbocycles. The summed E-state index contributed by atoms with van der Waals surface area (Å²) in [7, 11) is 1.26. The molecule has 0 amide bonds. The van der Waals surface area contributed by atoms with Gasteiger partial charge in [0.1, 0.15) is 11.4 Å². The number of nitrogen functional groups attached to an aromatic ring is 1. The summed E-state index contributed by atoms with van der Waals surface area (Å²) >= 11 is 0. The number of carbonyl (C=O) groups excluding carboxylic acids is 2. The lowest BCUT2D eigenvalue weighted by Gasteiger charge is -2.16. The first-order valence-electron chi connectivity index (χ1n) is 9.92. The normalized spacial score (nSPS) is 11.0. The minimum Gasteiger partial charge on any atom is -0.452 e. The maximum absolute atomic E-state index is 12.6. The van der Waals surface area contributed by atoms with Crippen LogP contribution in [0, 0.1) is 5.92 Å². The average molecular weight is 440 g/mol. The Kier molecular flexibility index (Phi) is 6.67. The number of ketones is 1. The van der Waals surface area contributed by atoms with Crippen molar-refractivity contribution >= 4 is 17.6 Å². The predicted molar refractivity (Wildman–Crippen MR) is 115 cm³/mol. The van der Waals surface area contributed by atoms with Gasteiger partial charge in [-0.25, -0.2) is 14.3 Å². The van der Waals surface area contributed by atoms with E-state index in [-0.39, 0.29) is 24.0 Å². The van der Waals surface area contributed by atoms with Crippen LogP contribution < -0.4 is 17.0 Å². The Hall–Kier alpha value is -4.02. The van der Waals surface area contributed by atoms with Gasteiger partial charge >= 0.3 is 11.7 Å².